The highest BCUT2D eigenvalue weighted by molar-refractivity contribution is 7.90. The van der Waals surface area contributed by atoms with E-state index < -0.39 is 17.0 Å². The molecule has 1 aliphatic heterocycles. The number of amides is 1. The largest absolute Gasteiger partial charge is 0.598 e. The molecule has 2 fully saturated rings. The maximum Gasteiger partial charge on any atom is 0.410 e. The Balaban J connectivity index is 1.83. The Kier molecular flexibility index (Phi) is 4.32. The van der Waals surface area contributed by atoms with Crippen molar-refractivity contribution in [3.8, 4) is 0 Å². The molecule has 0 spiro atoms. The van der Waals surface area contributed by atoms with Gasteiger partial charge in [0.1, 0.15) is 10.9 Å². The summed E-state index contributed by atoms with van der Waals surface area (Å²) in [7, 11) is 1.90. The second-order valence-corrected chi connectivity index (χ2v) is 8.19. The Bertz CT molecular complexity index is 341. The Morgan fingerprint density at radius 3 is 2.53 bits per heavy atom. The number of rotatable bonds is 3. The van der Waals surface area contributed by atoms with E-state index in [1.165, 1.54) is 0 Å². The summed E-state index contributed by atoms with van der Waals surface area (Å²) >= 11 is -0.888. The lowest BCUT2D eigenvalue weighted by atomic mass is 10.2. The van der Waals surface area contributed by atoms with Crippen LogP contribution in [0.2, 0.25) is 0 Å². The van der Waals surface area contributed by atoms with Gasteiger partial charge in [0.2, 0.25) is 0 Å². The van der Waals surface area contributed by atoms with Gasteiger partial charge < -0.3 is 14.2 Å². The monoisotopic (exact) mass is 288 g/mol. The molecule has 0 N–H and O–H groups in total. The van der Waals surface area contributed by atoms with E-state index in [0.29, 0.717) is 18.3 Å². The van der Waals surface area contributed by atoms with Gasteiger partial charge in [0, 0.05) is 44.3 Å². The molecule has 0 radical (unpaired) electrons. The van der Waals surface area contributed by atoms with Crippen LogP contribution in [0.25, 0.3) is 0 Å². The summed E-state index contributed by atoms with van der Waals surface area (Å²) in [4.78, 5) is 13.7. The molecule has 0 aromatic carbocycles. The zero-order valence-corrected chi connectivity index (χ0v) is 13.0. The van der Waals surface area contributed by atoms with Crippen LogP contribution in [0, 0.1) is 0 Å². The summed E-state index contributed by atoms with van der Waals surface area (Å²) < 4.78 is 19.4. The van der Waals surface area contributed by atoms with Crippen molar-refractivity contribution in [3.05, 3.63) is 0 Å². The minimum Gasteiger partial charge on any atom is -0.598 e. The molecule has 2 aliphatic rings. The number of likely N-dealkylation sites (N-methyl/N-ethyl adjacent to an activating group) is 1. The highest BCUT2D eigenvalue weighted by Gasteiger charge is 2.42. The van der Waals surface area contributed by atoms with E-state index >= 15 is 0 Å². The van der Waals surface area contributed by atoms with Crippen molar-refractivity contribution in [1.29, 1.82) is 0 Å². The average Bonchev–Trinajstić information content (AvgIpc) is 3.02. The number of likely N-dealkylation sites (tertiary alicyclic amines) is 1. The highest BCUT2D eigenvalue weighted by atomic mass is 32.2. The SMILES string of the molecule is CN([C@@H]1CCN(C(=O)OC(C)(C)C)C1)[S+]([O-])C1CC1. The fourth-order valence-corrected chi connectivity index (χ4v) is 3.66. The van der Waals surface area contributed by atoms with Crippen molar-refractivity contribution in [2.45, 2.75) is 56.9 Å². The Morgan fingerprint density at radius 1 is 1.37 bits per heavy atom. The minimum absolute atomic E-state index is 0.189. The van der Waals surface area contributed by atoms with Crippen molar-refractivity contribution in [2.24, 2.45) is 0 Å². The Labute approximate surface area is 118 Å². The summed E-state index contributed by atoms with van der Waals surface area (Å²) in [5.74, 6) is 0. The molecular weight excluding hydrogens is 264 g/mol. The summed E-state index contributed by atoms with van der Waals surface area (Å²) in [6.45, 7) is 6.90. The zero-order chi connectivity index (χ0) is 14.2. The predicted octanol–water partition coefficient (Wildman–Crippen LogP) is 1.75. The van der Waals surface area contributed by atoms with Crippen LogP contribution in [0.3, 0.4) is 0 Å². The van der Waals surface area contributed by atoms with E-state index in [-0.39, 0.29) is 12.1 Å². The van der Waals surface area contributed by atoms with E-state index in [1.807, 2.05) is 32.1 Å². The van der Waals surface area contributed by atoms with E-state index in [9.17, 15) is 9.35 Å². The molecule has 19 heavy (non-hydrogen) atoms. The van der Waals surface area contributed by atoms with Gasteiger partial charge in [0.25, 0.3) is 0 Å². The van der Waals surface area contributed by atoms with Crippen LogP contribution in [0.15, 0.2) is 0 Å². The quantitative estimate of drug-likeness (QED) is 0.743. The molecule has 1 aliphatic carbocycles. The third kappa shape index (κ3) is 4.00. The fourth-order valence-electron chi connectivity index (χ4n) is 2.18. The average molecular weight is 288 g/mol. The molecule has 1 saturated carbocycles. The minimum atomic E-state index is -0.888. The van der Waals surface area contributed by atoms with Gasteiger partial charge in [-0.3, -0.25) is 0 Å². The van der Waals surface area contributed by atoms with Gasteiger partial charge in [-0.1, -0.05) is 0 Å². The molecule has 0 aromatic heterocycles. The van der Waals surface area contributed by atoms with Gasteiger partial charge >= 0.3 is 6.09 Å². The molecule has 110 valence electrons. The van der Waals surface area contributed by atoms with E-state index in [0.717, 1.165) is 19.3 Å². The van der Waals surface area contributed by atoms with Crippen LogP contribution in [0.4, 0.5) is 4.79 Å². The first-order valence-corrected chi connectivity index (χ1v) is 8.06. The maximum absolute atomic E-state index is 12.1. The smallest absolute Gasteiger partial charge is 0.410 e. The van der Waals surface area contributed by atoms with Gasteiger partial charge in [-0.25, -0.2) is 4.79 Å². The standard InChI is InChI=1S/C13H24N2O3S/c1-13(2,3)18-12(16)15-8-7-10(9-15)14(4)19(17)11-5-6-11/h10-11H,5-9H2,1-4H3/t10-,19?/m1/s1. The molecule has 1 unspecified atom stereocenters. The summed E-state index contributed by atoms with van der Waals surface area (Å²) in [6, 6.07) is 0.189. The highest BCUT2D eigenvalue weighted by Crippen LogP contribution is 2.32. The number of ether oxygens (including phenoxy) is 1. The number of hydrogen-bond acceptors (Lipinski definition) is 4. The second kappa shape index (κ2) is 5.50. The van der Waals surface area contributed by atoms with Crippen LogP contribution in [0.1, 0.15) is 40.0 Å². The first-order chi connectivity index (χ1) is 8.78. The van der Waals surface area contributed by atoms with Crippen LogP contribution in [-0.4, -0.2) is 56.9 Å². The lowest BCUT2D eigenvalue weighted by Crippen LogP contribution is -2.42. The first kappa shape index (κ1) is 14.9. The van der Waals surface area contributed by atoms with E-state index in [2.05, 4.69) is 0 Å². The normalized spacial score (nSPS) is 25.8. The molecule has 1 saturated heterocycles. The number of carbonyl (C=O) groups excluding carboxylic acids is 1. The molecule has 1 heterocycles. The number of hydrogen-bond donors (Lipinski definition) is 0. The molecule has 5 nitrogen and oxygen atoms in total. The van der Waals surface area contributed by atoms with Crippen LogP contribution >= 0.6 is 0 Å². The second-order valence-electron chi connectivity index (χ2n) is 6.39. The first-order valence-electron chi connectivity index (χ1n) is 6.89. The van der Waals surface area contributed by atoms with Crippen molar-refractivity contribution in [3.63, 3.8) is 0 Å². The third-order valence-corrected chi connectivity index (χ3v) is 5.33. The van der Waals surface area contributed by atoms with Crippen molar-refractivity contribution < 1.29 is 14.1 Å². The van der Waals surface area contributed by atoms with Crippen molar-refractivity contribution >= 4 is 17.5 Å². The van der Waals surface area contributed by atoms with Crippen LogP contribution in [0.5, 0.6) is 0 Å². The lowest BCUT2D eigenvalue weighted by Gasteiger charge is -2.27. The van der Waals surface area contributed by atoms with Gasteiger partial charge in [-0.05, 0) is 27.2 Å². The Hall–Kier alpha value is -0.460. The Morgan fingerprint density at radius 2 is 2.00 bits per heavy atom. The van der Waals surface area contributed by atoms with Crippen LogP contribution < -0.4 is 0 Å². The summed E-state index contributed by atoms with van der Waals surface area (Å²) in [5.41, 5.74) is -0.460. The number of carbonyl (C=O) groups is 1. The molecule has 1 amide bonds. The molecule has 6 heteroatoms. The third-order valence-electron chi connectivity index (χ3n) is 3.42. The van der Waals surface area contributed by atoms with E-state index in [1.54, 1.807) is 4.90 Å². The topological polar surface area (TPSA) is 55.8 Å². The zero-order valence-electron chi connectivity index (χ0n) is 12.2. The van der Waals surface area contributed by atoms with Gasteiger partial charge in [-0.2, -0.15) is 0 Å². The molecular formula is C13H24N2O3S. The van der Waals surface area contributed by atoms with Crippen molar-refractivity contribution in [1.82, 2.24) is 9.21 Å². The lowest BCUT2D eigenvalue weighted by molar-refractivity contribution is 0.0287. The maximum atomic E-state index is 12.1. The summed E-state index contributed by atoms with van der Waals surface area (Å²) in [5, 5.41) is 0.348. The van der Waals surface area contributed by atoms with Gasteiger partial charge in [-0.15, -0.1) is 4.31 Å². The number of nitrogens with zero attached hydrogens (tertiary/aromatic N) is 2. The van der Waals surface area contributed by atoms with Gasteiger partial charge in [0.15, 0.2) is 0 Å². The fraction of sp³-hybridized carbons (Fsp3) is 0.923. The van der Waals surface area contributed by atoms with Crippen LogP contribution in [-0.2, 0) is 16.1 Å². The predicted molar refractivity (Wildman–Crippen MR) is 75.1 cm³/mol. The molecule has 2 atom stereocenters. The van der Waals surface area contributed by atoms with Crippen molar-refractivity contribution in [2.75, 3.05) is 20.1 Å². The van der Waals surface area contributed by atoms with E-state index in [4.69, 9.17) is 4.74 Å². The molecule has 0 aromatic rings. The van der Waals surface area contributed by atoms with Gasteiger partial charge in [0.05, 0.1) is 6.04 Å². The summed E-state index contributed by atoms with van der Waals surface area (Å²) in [6.07, 6.45) is 2.74. The molecule has 0 bridgehead atoms. The molecule has 2 rings (SSSR count).